The van der Waals surface area contributed by atoms with E-state index in [0.717, 1.165) is 27.0 Å². The molecule has 0 N–H and O–H groups in total. The lowest BCUT2D eigenvalue weighted by molar-refractivity contribution is -0.104. The third-order valence-corrected chi connectivity index (χ3v) is 8.00. The molecule has 0 fully saturated rings. The van der Waals surface area contributed by atoms with Gasteiger partial charge < -0.3 is 4.57 Å². The number of carbonyl (C=O) groups excluding carboxylic acids is 2. The first-order chi connectivity index (χ1) is 14.2. The van der Waals surface area contributed by atoms with Crippen molar-refractivity contribution in [2.24, 2.45) is 0 Å². The van der Waals surface area contributed by atoms with E-state index in [-0.39, 0.29) is 10.9 Å². The van der Waals surface area contributed by atoms with Crippen LogP contribution in [0.3, 0.4) is 0 Å². The zero-order valence-electron chi connectivity index (χ0n) is 15.9. The van der Waals surface area contributed by atoms with Gasteiger partial charge in [0, 0.05) is 36.9 Å². The molecule has 30 heavy (non-hydrogen) atoms. The number of Topliss-reactive ketones (excluding diaryl/α,β-unsaturated/α-hetero) is 1. The van der Waals surface area contributed by atoms with E-state index in [2.05, 4.69) is 27.6 Å². The second-order valence-corrected chi connectivity index (χ2v) is 10.2. The Bertz CT molecular complexity index is 1270. The summed E-state index contributed by atoms with van der Waals surface area (Å²) in [7, 11) is -2.31. The summed E-state index contributed by atoms with van der Waals surface area (Å²) in [5, 5.41) is 0.590. The van der Waals surface area contributed by atoms with Crippen LogP contribution in [0.15, 0.2) is 41.4 Å². The van der Waals surface area contributed by atoms with E-state index in [1.165, 1.54) is 23.5 Å². The number of pyridine rings is 1. The third kappa shape index (κ3) is 3.46. The Morgan fingerprint density at radius 1 is 1.33 bits per heavy atom. The first-order valence-corrected chi connectivity index (χ1v) is 11.7. The Kier molecular flexibility index (Phi) is 5.49. The number of nitrogens with zero attached hydrogens (tertiary/aromatic N) is 3. The minimum Gasteiger partial charge on any atom is -0.342 e. The van der Waals surface area contributed by atoms with Gasteiger partial charge in [0.15, 0.2) is 6.29 Å². The molecule has 1 aromatic carbocycles. The van der Waals surface area contributed by atoms with Gasteiger partial charge in [0.1, 0.15) is 9.52 Å². The van der Waals surface area contributed by atoms with Crippen LogP contribution in [-0.4, -0.2) is 47.4 Å². The second-order valence-electron chi connectivity index (χ2n) is 7.11. The predicted molar refractivity (Wildman–Crippen MR) is 116 cm³/mol. The molecule has 0 bridgehead atoms. The second kappa shape index (κ2) is 7.82. The fraction of sp³-hybridized carbons (Fsp3) is 0.250. The summed E-state index contributed by atoms with van der Waals surface area (Å²) in [4.78, 5) is 27.7. The van der Waals surface area contributed by atoms with Crippen molar-refractivity contribution >= 4 is 55.6 Å². The van der Waals surface area contributed by atoms with Crippen LogP contribution >= 0.6 is 22.6 Å². The highest BCUT2D eigenvalue weighted by Crippen LogP contribution is 2.33. The predicted octanol–water partition coefficient (Wildman–Crippen LogP) is 2.80. The number of halogens is 2. The Morgan fingerprint density at radius 3 is 2.70 bits per heavy atom. The first kappa shape index (κ1) is 21.1. The van der Waals surface area contributed by atoms with Crippen molar-refractivity contribution in [1.82, 2.24) is 13.9 Å². The number of hydrogen-bond acceptors (Lipinski definition) is 5. The van der Waals surface area contributed by atoms with Gasteiger partial charge in [0.05, 0.1) is 16.0 Å². The molecule has 2 aromatic heterocycles. The molecule has 1 unspecified atom stereocenters. The quantitative estimate of drug-likeness (QED) is 0.163. The molecule has 0 saturated carbocycles. The van der Waals surface area contributed by atoms with E-state index in [1.54, 1.807) is 6.20 Å². The summed E-state index contributed by atoms with van der Waals surface area (Å²) < 4.78 is 43.2. The van der Waals surface area contributed by atoms with E-state index >= 15 is 0 Å². The number of benzene rings is 1. The SMILES string of the molecule is CN(C1CCc2c(C(=O)C=O)c3cnc(I)cc3n2C1)S(=O)(=O)c1ccc(F)cc1. The van der Waals surface area contributed by atoms with Crippen molar-refractivity contribution in [3.05, 3.63) is 57.3 Å². The fourth-order valence-corrected chi connectivity index (χ4v) is 5.76. The Labute approximate surface area is 186 Å². The molecular formula is C20H17FIN3O4S. The van der Waals surface area contributed by atoms with Crippen LogP contribution < -0.4 is 0 Å². The summed E-state index contributed by atoms with van der Waals surface area (Å²) in [5.74, 6) is -1.11. The maximum absolute atomic E-state index is 13.2. The smallest absolute Gasteiger partial charge is 0.243 e. The molecule has 0 amide bonds. The lowest BCUT2D eigenvalue weighted by Gasteiger charge is -2.32. The van der Waals surface area contributed by atoms with E-state index in [0.29, 0.717) is 36.6 Å². The van der Waals surface area contributed by atoms with Gasteiger partial charge in [0.25, 0.3) is 0 Å². The molecule has 3 aromatic rings. The number of hydrogen-bond donors (Lipinski definition) is 0. The summed E-state index contributed by atoms with van der Waals surface area (Å²) >= 11 is 2.06. The number of ketones is 1. The number of sulfonamides is 1. The molecule has 156 valence electrons. The number of fused-ring (bicyclic) bond motifs is 3. The molecule has 0 spiro atoms. The molecule has 1 aliphatic heterocycles. The van der Waals surface area contributed by atoms with Crippen molar-refractivity contribution in [1.29, 1.82) is 0 Å². The van der Waals surface area contributed by atoms with Gasteiger partial charge in [0.2, 0.25) is 15.8 Å². The van der Waals surface area contributed by atoms with Crippen molar-refractivity contribution < 1.29 is 22.4 Å². The molecule has 0 saturated heterocycles. The standard InChI is InChI=1S/C20H17FIN3O4S/c1-24(30(28,29)14-5-2-12(21)3-6-14)13-4-7-16-20(18(27)11-26)15-9-23-19(22)8-17(15)25(16)10-13/h2-3,5-6,8-9,11,13H,4,7,10H2,1H3. The highest BCUT2D eigenvalue weighted by molar-refractivity contribution is 14.1. The van der Waals surface area contributed by atoms with Crippen LogP contribution in [0.5, 0.6) is 0 Å². The highest BCUT2D eigenvalue weighted by atomic mass is 127. The summed E-state index contributed by atoms with van der Waals surface area (Å²) in [6, 6.07) is 6.17. The van der Waals surface area contributed by atoms with E-state index in [9.17, 15) is 22.4 Å². The van der Waals surface area contributed by atoms with Gasteiger partial charge in [-0.1, -0.05) is 0 Å². The van der Waals surface area contributed by atoms with E-state index in [1.807, 2.05) is 10.6 Å². The number of carbonyl (C=O) groups is 2. The minimum absolute atomic E-state index is 0.0186. The Morgan fingerprint density at radius 2 is 2.03 bits per heavy atom. The normalized spacial score (nSPS) is 16.6. The maximum Gasteiger partial charge on any atom is 0.243 e. The monoisotopic (exact) mass is 541 g/mol. The summed E-state index contributed by atoms with van der Waals surface area (Å²) in [6.07, 6.45) is 2.79. The third-order valence-electron chi connectivity index (χ3n) is 5.49. The van der Waals surface area contributed by atoms with Crippen LogP contribution in [0.1, 0.15) is 22.5 Å². The summed E-state index contributed by atoms with van der Waals surface area (Å²) in [6.45, 7) is 0.328. The van der Waals surface area contributed by atoms with Gasteiger partial charge in [-0.2, -0.15) is 4.31 Å². The fourth-order valence-electron chi connectivity index (χ4n) is 3.95. The average molecular weight is 541 g/mol. The molecule has 1 atom stereocenters. The van der Waals surface area contributed by atoms with Crippen molar-refractivity contribution in [3.63, 3.8) is 0 Å². The highest BCUT2D eigenvalue weighted by Gasteiger charge is 2.34. The first-order valence-electron chi connectivity index (χ1n) is 9.13. The molecule has 0 aliphatic carbocycles. The molecule has 10 heteroatoms. The van der Waals surface area contributed by atoms with Crippen molar-refractivity contribution in [3.8, 4) is 0 Å². The van der Waals surface area contributed by atoms with Crippen LogP contribution in [0.25, 0.3) is 10.9 Å². The van der Waals surface area contributed by atoms with E-state index < -0.39 is 21.6 Å². The van der Waals surface area contributed by atoms with Gasteiger partial charge in [-0.15, -0.1) is 0 Å². The van der Waals surface area contributed by atoms with Crippen molar-refractivity contribution in [2.75, 3.05) is 7.05 Å². The van der Waals surface area contributed by atoms with Gasteiger partial charge in [-0.05, 0) is 65.8 Å². The molecule has 7 nitrogen and oxygen atoms in total. The zero-order chi connectivity index (χ0) is 21.6. The van der Waals surface area contributed by atoms with Crippen LogP contribution in [0.2, 0.25) is 0 Å². The van der Waals surface area contributed by atoms with Gasteiger partial charge in [-0.25, -0.2) is 17.8 Å². The molecule has 0 radical (unpaired) electrons. The van der Waals surface area contributed by atoms with Crippen LogP contribution in [-0.2, 0) is 27.8 Å². The average Bonchev–Trinajstić information content (AvgIpc) is 3.05. The zero-order valence-corrected chi connectivity index (χ0v) is 18.9. The van der Waals surface area contributed by atoms with Crippen LogP contribution in [0.4, 0.5) is 4.39 Å². The number of likely N-dealkylation sites (N-methyl/N-ethyl adjacent to an activating group) is 1. The van der Waals surface area contributed by atoms with Crippen LogP contribution in [0, 0.1) is 9.52 Å². The largest absolute Gasteiger partial charge is 0.342 e. The lowest BCUT2D eigenvalue weighted by Crippen LogP contribution is -2.42. The maximum atomic E-state index is 13.2. The Balaban J connectivity index is 1.75. The summed E-state index contributed by atoms with van der Waals surface area (Å²) in [5.41, 5.74) is 1.80. The Hall–Kier alpha value is -2.18. The molecule has 1 aliphatic rings. The van der Waals surface area contributed by atoms with Crippen molar-refractivity contribution in [2.45, 2.75) is 30.3 Å². The topological polar surface area (TPSA) is 89.3 Å². The lowest BCUT2D eigenvalue weighted by atomic mass is 10.0. The number of aldehydes is 1. The number of aromatic nitrogens is 2. The van der Waals surface area contributed by atoms with Gasteiger partial charge >= 0.3 is 0 Å². The molecule has 3 heterocycles. The molecule has 4 rings (SSSR count). The van der Waals surface area contributed by atoms with Gasteiger partial charge in [-0.3, -0.25) is 9.59 Å². The number of rotatable bonds is 5. The van der Waals surface area contributed by atoms with E-state index in [4.69, 9.17) is 0 Å². The molecular weight excluding hydrogens is 524 g/mol. The minimum atomic E-state index is -3.82.